The molecular weight excluding hydrogens is 218 g/mol. The topological polar surface area (TPSA) is 55.7 Å². The van der Waals surface area contributed by atoms with E-state index in [-0.39, 0.29) is 17.5 Å². The third kappa shape index (κ3) is 5.52. The molecule has 5 heteroatoms. The van der Waals surface area contributed by atoms with Crippen molar-refractivity contribution < 1.29 is 14.3 Å². The van der Waals surface area contributed by atoms with Gasteiger partial charge < -0.3 is 4.74 Å². The number of nitrogens with zero attached hydrogens (tertiary/aromatic N) is 1. The lowest BCUT2D eigenvalue weighted by atomic mass is 9.91. The monoisotopic (exact) mass is 233 g/mol. The summed E-state index contributed by atoms with van der Waals surface area (Å²) in [5, 5.41) is -0.157. The zero-order chi connectivity index (χ0) is 12.1. The van der Waals surface area contributed by atoms with E-state index in [1.54, 1.807) is 27.7 Å². The van der Waals surface area contributed by atoms with Crippen molar-refractivity contribution in [3.05, 3.63) is 0 Å². The minimum atomic E-state index is -0.588. The van der Waals surface area contributed by atoms with Gasteiger partial charge >= 0.3 is 5.97 Å². The first-order valence-corrected chi connectivity index (χ1v) is 5.07. The smallest absolute Gasteiger partial charge is 0.327 e. The van der Waals surface area contributed by atoms with Crippen molar-refractivity contribution in [1.29, 1.82) is 0 Å². The molecule has 0 aliphatic rings. The summed E-state index contributed by atoms with van der Waals surface area (Å²) < 4.78 is 4.64. The molecule has 0 heterocycles. The van der Waals surface area contributed by atoms with Crippen LogP contribution < -0.4 is 0 Å². The number of carbonyl (C=O) groups is 2. The van der Waals surface area contributed by atoms with Gasteiger partial charge in [0.25, 0.3) is 0 Å². The minimum absolute atomic E-state index is 0.157. The molecule has 0 aliphatic heterocycles. The molecule has 0 fully saturated rings. The molecule has 0 unspecified atom stereocenters. The standard InChI is InChI=1S/C10H16ClNO3/c1-5-15-7(13)6-12-9(11)8(14)10(2,3)4/h5-6H2,1-4H3. The average molecular weight is 234 g/mol. The molecule has 0 rings (SSSR count). The van der Waals surface area contributed by atoms with E-state index >= 15 is 0 Å². The predicted molar refractivity (Wildman–Crippen MR) is 59.3 cm³/mol. The van der Waals surface area contributed by atoms with E-state index in [0.29, 0.717) is 6.61 Å². The van der Waals surface area contributed by atoms with Crippen LogP contribution in [0.4, 0.5) is 0 Å². The first-order chi connectivity index (χ1) is 6.79. The van der Waals surface area contributed by atoms with Crippen LogP contribution >= 0.6 is 11.6 Å². The van der Waals surface area contributed by atoms with E-state index in [0.717, 1.165) is 0 Å². The maximum absolute atomic E-state index is 11.5. The van der Waals surface area contributed by atoms with Gasteiger partial charge in [0.15, 0.2) is 11.0 Å². The molecule has 0 N–H and O–H groups in total. The van der Waals surface area contributed by atoms with Gasteiger partial charge in [-0.2, -0.15) is 0 Å². The molecule has 86 valence electrons. The Balaban J connectivity index is 4.33. The van der Waals surface area contributed by atoms with E-state index in [2.05, 4.69) is 9.73 Å². The van der Waals surface area contributed by atoms with E-state index in [1.807, 2.05) is 0 Å². The number of hydrogen-bond acceptors (Lipinski definition) is 4. The van der Waals surface area contributed by atoms with Crippen LogP contribution in [0.25, 0.3) is 0 Å². The third-order valence-corrected chi connectivity index (χ3v) is 1.81. The largest absolute Gasteiger partial charge is 0.465 e. The molecule has 0 saturated carbocycles. The van der Waals surface area contributed by atoms with E-state index in [9.17, 15) is 9.59 Å². The zero-order valence-electron chi connectivity index (χ0n) is 9.46. The fourth-order valence-electron chi connectivity index (χ4n) is 0.722. The number of ether oxygens (including phenoxy) is 1. The van der Waals surface area contributed by atoms with E-state index in [1.165, 1.54) is 0 Å². The fourth-order valence-corrected chi connectivity index (χ4v) is 1.07. The highest BCUT2D eigenvalue weighted by Gasteiger charge is 2.25. The molecule has 0 atom stereocenters. The lowest BCUT2D eigenvalue weighted by Crippen LogP contribution is -2.26. The number of hydrogen-bond donors (Lipinski definition) is 0. The van der Waals surface area contributed by atoms with Crippen molar-refractivity contribution >= 4 is 28.5 Å². The summed E-state index contributed by atoms with van der Waals surface area (Å²) in [6.45, 7) is 6.98. The van der Waals surface area contributed by atoms with Crippen molar-refractivity contribution in [1.82, 2.24) is 0 Å². The SMILES string of the molecule is CCOC(=O)CN=C(Cl)C(=O)C(C)(C)C. The van der Waals surface area contributed by atoms with Crippen LogP contribution in [0.2, 0.25) is 0 Å². The molecule has 0 radical (unpaired) electrons. The van der Waals surface area contributed by atoms with Crippen molar-refractivity contribution in [3.63, 3.8) is 0 Å². The van der Waals surface area contributed by atoms with Crippen molar-refractivity contribution in [3.8, 4) is 0 Å². The Morgan fingerprint density at radius 3 is 2.27 bits per heavy atom. The number of aliphatic imine (C=N–C) groups is 1. The van der Waals surface area contributed by atoms with Gasteiger partial charge in [0, 0.05) is 5.41 Å². The Morgan fingerprint density at radius 1 is 1.33 bits per heavy atom. The maximum Gasteiger partial charge on any atom is 0.327 e. The number of halogens is 1. The van der Waals surface area contributed by atoms with Gasteiger partial charge in [0.1, 0.15) is 6.54 Å². The molecule has 15 heavy (non-hydrogen) atoms. The lowest BCUT2D eigenvalue weighted by molar-refractivity contribution is -0.141. The second kappa shape index (κ2) is 5.85. The summed E-state index contributed by atoms with van der Waals surface area (Å²) in [7, 11) is 0. The average Bonchev–Trinajstić information content (AvgIpc) is 2.12. The number of Topliss-reactive ketones (excluding diaryl/α,β-unsaturated/α-hetero) is 1. The van der Waals surface area contributed by atoms with Crippen molar-refractivity contribution in [2.24, 2.45) is 10.4 Å². The lowest BCUT2D eigenvalue weighted by Gasteiger charge is -2.14. The number of esters is 1. The molecule has 0 aromatic heterocycles. The second-order valence-electron chi connectivity index (χ2n) is 3.99. The number of carbonyl (C=O) groups excluding carboxylic acids is 2. The van der Waals surface area contributed by atoms with Gasteiger partial charge in [-0.3, -0.25) is 14.6 Å². The molecular formula is C10H16ClNO3. The van der Waals surface area contributed by atoms with Crippen molar-refractivity contribution in [2.45, 2.75) is 27.7 Å². The fraction of sp³-hybridized carbons (Fsp3) is 0.700. The van der Waals surface area contributed by atoms with Crippen LogP contribution in [0.3, 0.4) is 0 Å². The Kier molecular flexibility index (Phi) is 5.50. The molecule has 4 nitrogen and oxygen atoms in total. The summed E-state index contributed by atoms with van der Waals surface area (Å²) in [4.78, 5) is 26.1. The van der Waals surface area contributed by atoms with Gasteiger partial charge in [-0.15, -0.1) is 0 Å². The molecule has 0 saturated heterocycles. The highest BCUT2D eigenvalue weighted by molar-refractivity contribution is 6.83. The van der Waals surface area contributed by atoms with Gasteiger partial charge in [0.05, 0.1) is 6.61 Å². The van der Waals surface area contributed by atoms with Gasteiger partial charge in [-0.05, 0) is 6.92 Å². The number of ketones is 1. The first-order valence-electron chi connectivity index (χ1n) is 4.69. The Hall–Kier alpha value is -0.900. The van der Waals surface area contributed by atoms with Gasteiger partial charge in [0.2, 0.25) is 0 Å². The third-order valence-electron chi connectivity index (χ3n) is 1.52. The van der Waals surface area contributed by atoms with Crippen LogP contribution in [-0.4, -0.2) is 30.1 Å². The number of rotatable bonds is 4. The molecule has 0 aromatic carbocycles. The highest BCUT2D eigenvalue weighted by atomic mass is 35.5. The van der Waals surface area contributed by atoms with Crippen LogP contribution in [0, 0.1) is 5.41 Å². The zero-order valence-corrected chi connectivity index (χ0v) is 10.2. The Labute approximate surface area is 94.7 Å². The quantitative estimate of drug-likeness (QED) is 0.550. The Bertz CT molecular complexity index is 279. The Morgan fingerprint density at radius 2 is 1.87 bits per heavy atom. The maximum atomic E-state index is 11.5. The van der Waals surface area contributed by atoms with Crippen LogP contribution in [-0.2, 0) is 14.3 Å². The van der Waals surface area contributed by atoms with Gasteiger partial charge in [-0.25, -0.2) is 0 Å². The summed E-state index contributed by atoms with van der Waals surface area (Å²) in [6, 6.07) is 0. The molecule has 0 aliphatic carbocycles. The summed E-state index contributed by atoms with van der Waals surface area (Å²) in [5.74, 6) is -0.772. The van der Waals surface area contributed by atoms with Gasteiger partial charge in [-0.1, -0.05) is 32.4 Å². The second-order valence-corrected chi connectivity index (χ2v) is 4.35. The van der Waals surface area contributed by atoms with Crippen LogP contribution in [0.15, 0.2) is 4.99 Å². The molecule has 0 aromatic rings. The highest BCUT2D eigenvalue weighted by Crippen LogP contribution is 2.16. The van der Waals surface area contributed by atoms with Crippen LogP contribution in [0.5, 0.6) is 0 Å². The minimum Gasteiger partial charge on any atom is -0.465 e. The molecule has 0 bridgehead atoms. The van der Waals surface area contributed by atoms with Crippen LogP contribution in [0.1, 0.15) is 27.7 Å². The van der Waals surface area contributed by atoms with Crippen molar-refractivity contribution in [2.75, 3.05) is 13.2 Å². The van der Waals surface area contributed by atoms with E-state index in [4.69, 9.17) is 11.6 Å². The molecule has 0 spiro atoms. The summed E-state index contributed by atoms with van der Waals surface area (Å²) in [6.07, 6.45) is 0. The van der Waals surface area contributed by atoms with E-state index < -0.39 is 11.4 Å². The first kappa shape index (κ1) is 14.1. The molecule has 0 amide bonds. The normalized spacial score (nSPS) is 12.5. The summed E-state index contributed by atoms with van der Waals surface area (Å²) in [5.41, 5.74) is -0.588. The predicted octanol–water partition coefficient (Wildman–Crippen LogP) is 1.80. The summed E-state index contributed by atoms with van der Waals surface area (Å²) >= 11 is 5.65.